The summed E-state index contributed by atoms with van der Waals surface area (Å²) in [6, 6.07) is 21.0. The maximum absolute atomic E-state index is 4.23. The van der Waals surface area contributed by atoms with E-state index in [1.54, 1.807) is 0 Å². The van der Waals surface area contributed by atoms with E-state index in [0.29, 0.717) is 0 Å². The van der Waals surface area contributed by atoms with Crippen molar-refractivity contribution in [2.75, 3.05) is 0 Å². The summed E-state index contributed by atoms with van der Waals surface area (Å²) in [5.41, 5.74) is 6.22. The number of rotatable bonds is 2. The van der Waals surface area contributed by atoms with Crippen molar-refractivity contribution < 1.29 is 0 Å². The van der Waals surface area contributed by atoms with Crippen LogP contribution < -0.4 is 0 Å². The van der Waals surface area contributed by atoms with Crippen molar-refractivity contribution >= 4 is 0 Å². The number of pyridine rings is 1. The van der Waals surface area contributed by atoms with Crippen molar-refractivity contribution in [3.63, 3.8) is 0 Å². The Morgan fingerprint density at radius 1 is 0.737 bits per heavy atom. The first kappa shape index (κ1) is 11.7. The molecule has 1 heterocycles. The summed E-state index contributed by atoms with van der Waals surface area (Å²) in [6.45, 7) is 2.15. The van der Waals surface area contributed by atoms with E-state index in [2.05, 4.69) is 60.4 Å². The van der Waals surface area contributed by atoms with Gasteiger partial charge in [-0.1, -0.05) is 54.6 Å². The number of benzene rings is 2. The summed E-state index contributed by atoms with van der Waals surface area (Å²) in [5.74, 6) is 0. The second kappa shape index (κ2) is 5.07. The van der Waals surface area contributed by atoms with Crippen LogP contribution in [-0.4, -0.2) is 4.98 Å². The third kappa shape index (κ3) is 2.27. The van der Waals surface area contributed by atoms with E-state index >= 15 is 0 Å². The van der Waals surface area contributed by atoms with Crippen LogP contribution in [0.4, 0.5) is 0 Å². The molecule has 0 fully saturated rings. The fraction of sp³-hybridized carbons (Fsp3) is 0.0556. The average molecular weight is 245 g/mol. The van der Waals surface area contributed by atoms with Crippen molar-refractivity contribution in [2.24, 2.45) is 0 Å². The van der Waals surface area contributed by atoms with Gasteiger partial charge in [0.15, 0.2) is 0 Å². The maximum atomic E-state index is 4.23. The number of hydrogen-bond acceptors (Lipinski definition) is 1. The zero-order valence-electron chi connectivity index (χ0n) is 10.9. The molecule has 0 amide bonds. The van der Waals surface area contributed by atoms with Crippen LogP contribution in [0.2, 0.25) is 0 Å². The highest BCUT2D eigenvalue weighted by Crippen LogP contribution is 2.34. The lowest BCUT2D eigenvalue weighted by Crippen LogP contribution is -1.89. The molecule has 3 rings (SSSR count). The topological polar surface area (TPSA) is 12.9 Å². The molecule has 0 aliphatic rings. The van der Waals surface area contributed by atoms with Gasteiger partial charge in [0.25, 0.3) is 0 Å². The predicted octanol–water partition coefficient (Wildman–Crippen LogP) is 4.72. The van der Waals surface area contributed by atoms with Gasteiger partial charge in [-0.2, -0.15) is 0 Å². The van der Waals surface area contributed by atoms with Gasteiger partial charge in [-0.3, -0.25) is 4.98 Å². The highest BCUT2D eigenvalue weighted by Gasteiger charge is 2.09. The first-order chi connectivity index (χ1) is 9.36. The van der Waals surface area contributed by atoms with Gasteiger partial charge >= 0.3 is 0 Å². The van der Waals surface area contributed by atoms with E-state index in [-0.39, 0.29) is 0 Å². The zero-order valence-corrected chi connectivity index (χ0v) is 10.9. The minimum atomic E-state index is 1.16. The molecule has 0 N–H and O–H groups in total. The van der Waals surface area contributed by atoms with Crippen LogP contribution in [0.25, 0.3) is 22.3 Å². The Bertz CT molecular complexity index is 673. The van der Waals surface area contributed by atoms with Crippen LogP contribution in [0, 0.1) is 6.92 Å². The van der Waals surface area contributed by atoms with Gasteiger partial charge in [-0.05, 0) is 35.2 Å². The highest BCUT2D eigenvalue weighted by molar-refractivity contribution is 5.85. The van der Waals surface area contributed by atoms with Crippen LogP contribution in [0.15, 0.2) is 73.1 Å². The number of nitrogens with zero attached hydrogens (tertiary/aromatic N) is 1. The lowest BCUT2D eigenvalue weighted by molar-refractivity contribution is 1.33. The number of aryl methyl sites for hydroxylation is 1. The Hall–Kier alpha value is -2.41. The molecule has 0 aliphatic carbocycles. The monoisotopic (exact) mass is 245 g/mol. The molecule has 1 nitrogen and oxygen atoms in total. The third-order valence-corrected chi connectivity index (χ3v) is 3.31. The van der Waals surface area contributed by atoms with Gasteiger partial charge in [0, 0.05) is 18.0 Å². The predicted molar refractivity (Wildman–Crippen MR) is 79.8 cm³/mol. The molecule has 0 atom stereocenters. The van der Waals surface area contributed by atoms with Crippen molar-refractivity contribution in [2.45, 2.75) is 6.92 Å². The molecule has 0 saturated heterocycles. The standard InChI is InChI=1S/C18H15N/c1-14-7-5-11-17(16-10-6-12-19-13-16)18(14)15-8-3-2-4-9-15/h2-13H,1H3. The molecule has 1 heteroatoms. The molecule has 2 aromatic carbocycles. The van der Waals surface area contributed by atoms with Gasteiger partial charge in [-0.25, -0.2) is 0 Å². The number of aromatic nitrogens is 1. The van der Waals surface area contributed by atoms with Gasteiger partial charge < -0.3 is 0 Å². The summed E-state index contributed by atoms with van der Waals surface area (Å²) in [7, 11) is 0. The van der Waals surface area contributed by atoms with Crippen molar-refractivity contribution in [3.05, 3.63) is 78.6 Å². The first-order valence-corrected chi connectivity index (χ1v) is 6.42. The quantitative estimate of drug-likeness (QED) is 0.636. The molecule has 0 aliphatic heterocycles. The summed E-state index contributed by atoms with van der Waals surface area (Å²) in [5, 5.41) is 0. The van der Waals surface area contributed by atoms with Crippen molar-refractivity contribution in [1.82, 2.24) is 4.98 Å². The third-order valence-electron chi connectivity index (χ3n) is 3.31. The summed E-state index contributed by atoms with van der Waals surface area (Å²) >= 11 is 0. The lowest BCUT2D eigenvalue weighted by Gasteiger charge is -2.13. The van der Waals surface area contributed by atoms with Gasteiger partial charge in [0.1, 0.15) is 0 Å². The fourth-order valence-electron chi connectivity index (χ4n) is 2.42. The van der Waals surface area contributed by atoms with E-state index in [9.17, 15) is 0 Å². The Morgan fingerprint density at radius 3 is 2.26 bits per heavy atom. The summed E-state index contributed by atoms with van der Waals surface area (Å²) in [6.07, 6.45) is 3.72. The molecule has 92 valence electrons. The number of hydrogen-bond donors (Lipinski definition) is 0. The molecular formula is C18H15N. The normalized spacial score (nSPS) is 10.4. The van der Waals surface area contributed by atoms with E-state index in [0.717, 1.165) is 5.56 Å². The largest absolute Gasteiger partial charge is 0.264 e. The summed E-state index contributed by atoms with van der Waals surface area (Å²) in [4.78, 5) is 4.23. The molecule has 1 aromatic heterocycles. The SMILES string of the molecule is Cc1cccc(-c2cccnc2)c1-c1ccccc1. The zero-order chi connectivity index (χ0) is 13.1. The van der Waals surface area contributed by atoms with E-state index in [4.69, 9.17) is 0 Å². The van der Waals surface area contributed by atoms with E-state index in [1.807, 2.05) is 24.5 Å². The minimum absolute atomic E-state index is 1.16. The van der Waals surface area contributed by atoms with E-state index in [1.165, 1.54) is 22.3 Å². The fourth-order valence-corrected chi connectivity index (χ4v) is 2.42. The minimum Gasteiger partial charge on any atom is -0.264 e. The first-order valence-electron chi connectivity index (χ1n) is 6.42. The smallest absolute Gasteiger partial charge is 0.0346 e. The van der Waals surface area contributed by atoms with Crippen LogP contribution in [0.5, 0.6) is 0 Å². The van der Waals surface area contributed by atoms with Crippen LogP contribution in [0.3, 0.4) is 0 Å². The van der Waals surface area contributed by atoms with Gasteiger partial charge in [-0.15, -0.1) is 0 Å². The second-order valence-electron chi connectivity index (χ2n) is 4.61. The average Bonchev–Trinajstić information content (AvgIpc) is 2.49. The second-order valence-corrected chi connectivity index (χ2v) is 4.61. The molecule has 19 heavy (non-hydrogen) atoms. The maximum Gasteiger partial charge on any atom is 0.0346 e. The van der Waals surface area contributed by atoms with Crippen LogP contribution >= 0.6 is 0 Å². The molecule has 0 unspecified atom stereocenters. The Morgan fingerprint density at radius 2 is 1.53 bits per heavy atom. The lowest BCUT2D eigenvalue weighted by atomic mass is 9.92. The molecule has 0 bridgehead atoms. The Kier molecular flexibility index (Phi) is 3.11. The Balaban J connectivity index is 2.25. The molecule has 0 spiro atoms. The van der Waals surface area contributed by atoms with Crippen LogP contribution in [-0.2, 0) is 0 Å². The van der Waals surface area contributed by atoms with Crippen LogP contribution in [0.1, 0.15) is 5.56 Å². The van der Waals surface area contributed by atoms with Gasteiger partial charge in [0.2, 0.25) is 0 Å². The Labute approximate surface area is 113 Å². The van der Waals surface area contributed by atoms with E-state index < -0.39 is 0 Å². The highest BCUT2D eigenvalue weighted by atomic mass is 14.6. The van der Waals surface area contributed by atoms with Crippen molar-refractivity contribution in [3.8, 4) is 22.3 Å². The summed E-state index contributed by atoms with van der Waals surface area (Å²) < 4.78 is 0. The van der Waals surface area contributed by atoms with Crippen molar-refractivity contribution in [1.29, 1.82) is 0 Å². The van der Waals surface area contributed by atoms with Gasteiger partial charge in [0.05, 0.1) is 0 Å². The molecule has 3 aromatic rings. The molecule has 0 radical (unpaired) electrons. The molecule has 0 saturated carbocycles. The molecular weight excluding hydrogens is 230 g/mol.